The lowest BCUT2D eigenvalue weighted by Gasteiger charge is -2.47. The molecule has 7 heteroatoms. The van der Waals surface area contributed by atoms with Gasteiger partial charge in [0.25, 0.3) is 5.91 Å². The minimum absolute atomic E-state index is 0.0807. The predicted molar refractivity (Wildman–Crippen MR) is 96.2 cm³/mol. The molecule has 4 atom stereocenters. The summed E-state index contributed by atoms with van der Waals surface area (Å²) in [5.74, 6) is -0.616. The molecular formula is C20H19N3O4. The van der Waals surface area contributed by atoms with E-state index in [-0.39, 0.29) is 18.2 Å². The van der Waals surface area contributed by atoms with Crippen LogP contribution in [0.25, 0.3) is 0 Å². The van der Waals surface area contributed by atoms with Gasteiger partial charge in [-0.15, -0.1) is 0 Å². The summed E-state index contributed by atoms with van der Waals surface area (Å²) < 4.78 is 0. The van der Waals surface area contributed by atoms with Gasteiger partial charge in [-0.1, -0.05) is 48.5 Å². The Morgan fingerprint density at radius 2 is 1.81 bits per heavy atom. The van der Waals surface area contributed by atoms with Crippen LogP contribution in [0.2, 0.25) is 0 Å². The van der Waals surface area contributed by atoms with Gasteiger partial charge in [-0.25, -0.2) is 9.90 Å². The van der Waals surface area contributed by atoms with Crippen molar-refractivity contribution in [2.24, 2.45) is 0 Å². The van der Waals surface area contributed by atoms with Crippen LogP contribution in [0.1, 0.15) is 17.5 Å². The Balaban J connectivity index is 1.42. The average Bonchev–Trinajstić information content (AvgIpc) is 2.97. The van der Waals surface area contributed by atoms with Crippen LogP contribution in [0.5, 0.6) is 0 Å². The number of hydrogen-bond donors (Lipinski definition) is 3. The van der Waals surface area contributed by atoms with E-state index in [0.29, 0.717) is 12.0 Å². The van der Waals surface area contributed by atoms with E-state index in [2.05, 4.69) is 10.6 Å². The van der Waals surface area contributed by atoms with Crippen LogP contribution in [0, 0.1) is 0 Å². The van der Waals surface area contributed by atoms with Gasteiger partial charge in [0.1, 0.15) is 17.7 Å². The summed E-state index contributed by atoms with van der Waals surface area (Å²) in [6.45, 7) is 0. The first kappa shape index (κ1) is 16.3. The lowest BCUT2D eigenvalue weighted by molar-refractivity contribution is -0.286. The van der Waals surface area contributed by atoms with E-state index < -0.39 is 23.9 Å². The number of benzene rings is 2. The van der Waals surface area contributed by atoms with Gasteiger partial charge in [0.05, 0.1) is 0 Å². The Morgan fingerprint density at radius 3 is 2.63 bits per heavy atom. The van der Waals surface area contributed by atoms with E-state index in [1.807, 2.05) is 54.6 Å². The van der Waals surface area contributed by atoms with Gasteiger partial charge in [-0.2, -0.15) is 0 Å². The van der Waals surface area contributed by atoms with Crippen molar-refractivity contribution in [3.05, 3.63) is 65.7 Å². The second-order valence-electron chi connectivity index (χ2n) is 7.23. The summed E-state index contributed by atoms with van der Waals surface area (Å²) in [6.07, 6.45) is -0.337. The van der Waals surface area contributed by atoms with Crippen molar-refractivity contribution in [2.75, 3.05) is 5.32 Å². The van der Waals surface area contributed by atoms with Crippen LogP contribution < -0.4 is 10.6 Å². The highest BCUT2D eigenvalue weighted by molar-refractivity contribution is 5.96. The van der Waals surface area contributed by atoms with Crippen molar-refractivity contribution in [3.63, 3.8) is 0 Å². The smallest absolute Gasteiger partial charge is 0.269 e. The van der Waals surface area contributed by atoms with Crippen LogP contribution in [-0.2, 0) is 26.4 Å². The molecule has 2 amide bonds. The fourth-order valence-electron chi connectivity index (χ4n) is 4.16. The lowest BCUT2D eigenvalue weighted by atomic mass is 9.85. The highest BCUT2D eigenvalue weighted by Crippen LogP contribution is 2.46. The van der Waals surface area contributed by atoms with Crippen LogP contribution in [0.3, 0.4) is 0 Å². The number of para-hydroxylation sites is 1. The molecule has 0 aromatic heterocycles. The van der Waals surface area contributed by atoms with Crippen LogP contribution in [0.15, 0.2) is 54.6 Å². The first-order valence-electron chi connectivity index (χ1n) is 8.99. The largest absolute Gasteiger partial charge is 0.380 e. The van der Waals surface area contributed by atoms with Crippen LogP contribution in [0.4, 0.5) is 5.69 Å². The molecule has 138 valence electrons. The predicted octanol–water partition coefficient (Wildman–Crippen LogP) is 0.899. The maximum atomic E-state index is 13.0. The normalized spacial score (nSPS) is 31.4. The van der Waals surface area contributed by atoms with Crippen LogP contribution >= 0.6 is 0 Å². The molecule has 0 radical (unpaired) electrons. The Bertz CT molecular complexity index is 918. The molecule has 0 aliphatic carbocycles. The highest BCUT2D eigenvalue weighted by atomic mass is 16.7. The first-order chi connectivity index (χ1) is 13.1. The van der Waals surface area contributed by atoms with Crippen molar-refractivity contribution in [2.45, 2.75) is 36.8 Å². The Labute approximate surface area is 155 Å². The number of amides is 2. The van der Waals surface area contributed by atoms with E-state index >= 15 is 0 Å². The van der Waals surface area contributed by atoms with Crippen LogP contribution in [-0.4, -0.2) is 40.3 Å². The van der Waals surface area contributed by atoms with E-state index in [9.17, 15) is 14.7 Å². The van der Waals surface area contributed by atoms with Gasteiger partial charge in [-0.05, 0) is 11.6 Å². The number of piperazine rings is 1. The van der Waals surface area contributed by atoms with Crippen molar-refractivity contribution < 1.29 is 19.5 Å². The molecule has 0 spiro atoms. The number of aliphatic hydroxyl groups is 1. The SMILES string of the molecule is O=C1N[C@@H](Cc2ccccc2)C(=O)N2O[C@H]3Nc4ccccc4[C@@]3(O)C[C@@H]12. The molecule has 27 heavy (non-hydrogen) atoms. The number of hydrogen-bond acceptors (Lipinski definition) is 5. The Hall–Kier alpha value is -2.90. The fourth-order valence-corrected chi connectivity index (χ4v) is 4.16. The standard InChI is InChI=1S/C20H19N3O4/c24-17-16-11-20(26)13-8-4-5-9-14(13)22-19(20)27-23(16)18(25)15(21-17)10-12-6-2-1-3-7-12/h1-9,15-16,19,22,26H,10-11H2,(H,21,24)/t15-,16-,19+,20-/m0/s1. The summed E-state index contributed by atoms with van der Waals surface area (Å²) in [7, 11) is 0. The fraction of sp³-hybridized carbons (Fsp3) is 0.300. The summed E-state index contributed by atoms with van der Waals surface area (Å²) in [5.41, 5.74) is 1.02. The molecule has 2 aromatic rings. The zero-order valence-corrected chi connectivity index (χ0v) is 14.5. The molecule has 0 bridgehead atoms. The zero-order chi connectivity index (χ0) is 18.6. The first-order valence-corrected chi connectivity index (χ1v) is 8.99. The van der Waals surface area contributed by atoms with Crippen molar-refractivity contribution >= 4 is 17.5 Å². The molecule has 3 aliphatic rings. The minimum Gasteiger partial charge on any atom is -0.380 e. The molecule has 2 aromatic carbocycles. The Morgan fingerprint density at radius 1 is 1.07 bits per heavy atom. The molecule has 0 unspecified atom stereocenters. The maximum absolute atomic E-state index is 13.0. The third-order valence-electron chi connectivity index (χ3n) is 5.54. The third kappa shape index (κ3) is 2.43. The van der Waals surface area contributed by atoms with Gasteiger partial charge in [0.2, 0.25) is 5.91 Å². The molecule has 3 N–H and O–H groups in total. The van der Waals surface area contributed by atoms with Gasteiger partial charge in [0, 0.05) is 24.1 Å². The van der Waals surface area contributed by atoms with E-state index in [0.717, 1.165) is 16.3 Å². The zero-order valence-electron chi connectivity index (χ0n) is 14.5. The van der Waals surface area contributed by atoms with E-state index in [1.165, 1.54) is 0 Å². The Kier molecular flexibility index (Phi) is 3.50. The number of rotatable bonds is 2. The highest BCUT2D eigenvalue weighted by Gasteiger charge is 2.58. The third-order valence-corrected chi connectivity index (χ3v) is 5.54. The average molecular weight is 365 g/mol. The van der Waals surface area contributed by atoms with E-state index in [1.54, 1.807) is 0 Å². The molecular weight excluding hydrogens is 346 g/mol. The summed E-state index contributed by atoms with van der Waals surface area (Å²) in [5, 5.41) is 18.3. The second-order valence-corrected chi connectivity index (χ2v) is 7.23. The topological polar surface area (TPSA) is 90.9 Å². The molecule has 7 nitrogen and oxygen atoms in total. The van der Waals surface area contributed by atoms with Gasteiger partial charge in [-0.3, -0.25) is 9.59 Å². The monoisotopic (exact) mass is 365 g/mol. The van der Waals surface area contributed by atoms with E-state index in [4.69, 9.17) is 4.84 Å². The number of anilines is 1. The van der Waals surface area contributed by atoms with Crippen molar-refractivity contribution in [3.8, 4) is 0 Å². The number of nitrogens with one attached hydrogen (secondary N) is 2. The summed E-state index contributed by atoms with van der Waals surface area (Å²) >= 11 is 0. The summed E-state index contributed by atoms with van der Waals surface area (Å²) in [6, 6.07) is 15.3. The molecule has 2 saturated heterocycles. The second kappa shape index (κ2) is 5.80. The van der Waals surface area contributed by atoms with Gasteiger partial charge >= 0.3 is 0 Å². The maximum Gasteiger partial charge on any atom is 0.269 e. The number of carbonyl (C=O) groups is 2. The molecule has 3 heterocycles. The van der Waals surface area contributed by atoms with Gasteiger partial charge in [0.15, 0.2) is 6.23 Å². The number of hydroxylamine groups is 2. The minimum atomic E-state index is -1.36. The van der Waals surface area contributed by atoms with Crippen molar-refractivity contribution in [1.29, 1.82) is 0 Å². The molecule has 2 fully saturated rings. The number of nitrogens with zero attached hydrogens (tertiary/aromatic N) is 1. The summed E-state index contributed by atoms with van der Waals surface area (Å²) in [4.78, 5) is 31.5. The quantitative estimate of drug-likeness (QED) is 0.736. The number of carbonyl (C=O) groups excluding carboxylic acids is 2. The molecule has 3 aliphatic heterocycles. The lowest BCUT2D eigenvalue weighted by Crippen LogP contribution is -2.69. The molecule has 5 rings (SSSR count). The van der Waals surface area contributed by atoms with Crippen molar-refractivity contribution in [1.82, 2.24) is 10.4 Å². The molecule has 0 saturated carbocycles. The number of fused-ring (bicyclic) bond motifs is 4. The van der Waals surface area contributed by atoms with Gasteiger partial charge < -0.3 is 15.7 Å².